The topological polar surface area (TPSA) is 153 Å². The van der Waals surface area contributed by atoms with E-state index in [-0.39, 0.29) is 18.7 Å². The lowest BCUT2D eigenvalue weighted by Gasteiger charge is -2.30. The van der Waals surface area contributed by atoms with Crippen LogP contribution in [0.2, 0.25) is 0 Å². The summed E-state index contributed by atoms with van der Waals surface area (Å²) in [5, 5.41) is 24.3. The lowest BCUT2D eigenvalue weighted by Crippen LogP contribution is -2.46. The van der Waals surface area contributed by atoms with E-state index in [0.717, 1.165) is 28.5 Å². The van der Waals surface area contributed by atoms with E-state index in [1.54, 1.807) is 60.7 Å². The summed E-state index contributed by atoms with van der Waals surface area (Å²) in [5.41, 5.74) is -0.592. The van der Waals surface area contributed by atoms with Gasteiger partial charge in [0.15, 0.2) is 0 Å². The molecule has 0 aliphatic carbocycles. The number of nitro groups is 2. The Balaban J connectivity index is 1.35. The molecule has 222 valence electrons. The van der Waals surface area contributed by atoms with Crippen molar-refractivity contribution in [1.82, 2.24) is 4.90 Å². The van der Waals surface area contributed by atoms with Crippen molar-refractivity contribution < 1.29 is 29.0 Å². The third kappa shape index (κ3) is 5.55. The normalized spacial score (nSPS) is 12.2. The van der Waals surface area contributed by atoms with Crippen LogP contribution in [0.3, 0.4) is 0 Å². The van der Waals surface area contributed by atoms with Gasteiger partial charge in [-0.1, -0.05) is 42.5 Å². The van der Waals surface area contributed by atoms with Crippen LogP contribution in [-0.4, -0.2) is 45.6 Å². The first-order valence-electron chi connectivity index (χ1n) is 13.7. The average Bonchev–Trinajstić information content (AvgIpc) is 3.05. The molecule has 0 atom stereocenters. The number of hydrogen-bond donors (Lipinski definition) is 0. The minimum absolute atomic E-state index is 0.218. The smallest absolute Gasteiger partial charge is 0.277 e. The van der Waals surface area contributed by atoms with Gasteiger partial charge in [-0.05, 0) is 53.9 Å². The molecule has 0 unspecified atom stereocenters. The Morgan fingerprint density at radius 2 is 1.27 bits per heavy atom. The van der Waals surface area contributed by atoms with E-state index >= 15 is 0 Å². The van der Waals surface area contributed by atoms with Crippen LogP contribution in [0.4, 0.5) is 17.1 Å². The number of rotatable bonds is 9. The van der Waals surface area contributed by atoms with Crippen LogP contribution in [0.5, 0.6) is 11.5 Å². The van der Waals surface area contributed by atoms with Crippen LogP contribution in [0.25, 0.3) is 10.8 Å². The van der Waals surface area contributed by atoms with Gasteiger partial charge in [0.05, 0.1) is 21.5 Å². The second-order valence-corrected chi connectivity index (χ2v) is 10.1. The van der Waals surface area contributed by atoms with Crippen LogP contribution in [-0.2, 0) is 0 Å². The van der Waals surface area contributed by atoms with E-state index in [1.807, 2.05) is 30.3 Å². The highest BCUT2D eigenvalue weighted by molar-refractivity contribution is 6.25. The van der Waals surface area contributed by atoms with Gasteiger partial charge in [-0.3, -0.25) is 39.5 Å². The third-order valence-corrected chi connectivity index (χ3v) is 7.35. The van der Waals surface area contributed by atoms with E-state index < -0.39 is 38.9 Å². The molecule has 0 aromatic heterocycles. The quantitative estimate of drug-likeness (QED) is 0.107. The molecule has 5 aromatic rings. The summed E-state index contributed by atoms with van der Waals surface area (Å²) in [6.45, 7) is -0.447. The summed E-state index contributed by atoms with van der Waals surface area (Å²) in [5.74, 6) is -0.838. The molecular formula is C33H22N4O8. The molecule has 0 fully saturated rings. The number of nitro benzene ring substituents is 2. The maximum atomic E-state index is 13.9. The molecule has 1 aliphatic rings. The van der Waals surface area contributed by atoms with Crippen molar-refractivity contribution in [2.75, 3.05) is 18.0 Å². The van der Waals surface area contributed by atoms with Gasteiger partial charge in [0.2, 0.25) is 0 Å². The first kappa shape index (κ1) is 28.7. The minimum Gasteiger partial charge on any atom is -0.457 e. The second kappa shape index (κ2) is 11.7. The van der Waals surface area contributed by atoms with Crippen molar-refractivity contribution in [1.29, 1.82) is 0 Å². The number of non-ortho nitro benzene ring substituents is 2. The van der Waals surface area contributed by atoms with E-state index in [4.69, 9.17) is 4.74 Å². The van der Waals surface area contributed by atoms with Crippen molar-refractivity contribution in [3.63, 3.8) is 0 Å². The Kier molecular flexibility index (Phi) is 7.45. The molecule has 12 nitrogen and oxygen atoms in total. The Morgan fingerprint density at radius 1 is 0.711 bits per heavy atom. The van der Waals surface area contributed by atoms with Gasteiger partial charge in [-0.25, -0.2) is 0 Å². The van der Waals surface area contributed by atoms with Gasteiger partial charge in [-0.2, -0.15) is 0 Å². The number of benzene rings is 5. The number of nitrogens with zero attached hydrogens (tertiary/aromatic N) is 4. The Hall–Kier alpha value is -6.43. The maximum Gasteiger partial charge on any atom is 0.277 e. The first-order valence-corrected chi connectivity index (χ1v) is 13.7. The van der Waals surface area contributed by atoms with Crippen LogP contribution in [0, 0.1) is 20.2 Å². The molecule has 0 N–H and O–H groups in total. The van der Waals surface area contributed by atoms with Crippen LogP contribution in [0.1, 0.15) is 31.1 Å². The zero-order valence-corrected chi connectivity index (χ0v) is 23.4. The molecule has 1 heterocycles. The lowest BCUT2D eigenvalue weighted by molar-refractivity contribution is -0.394. The lowest BCUT2D eigenvalue weighted by atomic mass is 9.94. The summed E-state index contributed by atoms with van der Waals surface area (Å²) in [6.07, 6.45) is 0. The number of amides is 3. The van der Waals surface area contributed by atoms with Gasteiger partial charge in [0.1, 0.15) is 11.5 Å². The van der Waals surface area contributed by atoms with E-state index in [1.165, 1.54) is 4.90 Å². The fourth-order valence-electron chi connectivity index (χ4n) is 5.24. The predicted molar refractivity (Wildman–Crippen MR) is 164 cm³/mol. The van der Waals surface area contributed by atoms with Crippen molar-refractivity contribution in [3.8, 4) is 11.5 Å². The number of carbonyl (C=O) groups is 3. The van der Waals surface area contributed by atoms with Gasteiger partial charge >= 0.3 is 0 Å². The summed E-state index contributed by atoms with van der Waals surface area (Å²) in [6, 6.07) is 28.3. The van der Waals surface area contributed by atoms with E-state index in [9.17, 15) is 34.6 Å². The summed E-state index contributed by atoms with van der Waals surface area (Å²) < 4.78 is 5.84. The van der Waals surface area contributed by atoms with Crippen molar-refractivity contribution in [2.24, 2.45) is 0 Å². The van der Waals surface area contributed by atoms with Gasteiger partial charge in [0, 0.05) is 47.4 Å². The molecule has 1 aliphatic heterocycles. The van der Waals surface area contributed by atoms with Crippen molar-refractivity contribution >= 4 is 45.6 Å². The first-order chi connectivity index (χ1) is 21.7. The number of hydrogen-bond acceptors (Lipinski definition) is 8. The van der Waals surface area contributed by atoms with E-state index in [2.05, 4.69) is 0 Å². The summed E-state index contributed by atoms with van der Waals surface area (Å²) >= 11 is 0. The molecule has 12 heteroatoms. The molecule has 5 aromatic carbocycles. The van der Waals surface area contributed by atoms with Crippen LogP contribution in [0.15, 0.2) is 109 Å². The number of para-hydroxylation sites is 1. The summed E-state index contributed by atoms with van der Waals surface area (Å²) in [7, 11) is 0. The molecular weight excluding hydrogens is 580 g/mol. The molecule has 0 bridgehead atoms. The molecule has 3 amide bonds. The highest BCUT2D eigenvalue weighted by atomic mass is 16.6. The number of imide groups is 1. The van der Waals surface area contributed by atoms with Crippen LogP contribution >= 0.6 is 0 Å². The molecule has 0 saturated heterocycles. The van der Waals surface area contributed by atoms with Crippen molar-refractivity contribution in [3.05, 3.63) is 146 Å². The summed E-state index contributed by atoms with van der Waals surface area (Å²) in [4.78, 5) is 64.6. The standard InChI is InChI=1S/C33H22N4O8/c38-31(22-18-24(36(41)42)20-25(19-22)37(43)44)34(23-12-14-27(15-13-23)45-26-8-2-1-3-9-26)16-17-35-32(39)28-10-4-6-21-7-5-11-29(30(21)28)33(35)40/h1-15,18-20H,16-17H2. The number of ether oxygens (including phenoxy) is 1. The Bertz CT molecular complexity index is 1930. The van der Waals surface area contributed by atoms with Gasteiger partial charge in [0.25, 0.3) is 29.1 Å². The maximum absolute atomic E-state index is 13.9. The predicted octanol–water partition coefficient (Wildman–Crippen LogP) is 6.39. The largest absolute Gasteiger partial charge is 0.457 e. The zero-order chi connectivity index (χ0) is 31.7. The molecule has 0 spiro atoms. The molecule has 0 radical (unpaired) electrons. The fraction of sp³-hybridized carbons (Fsp3) is 0.0606. The second-order valence-electron chi connectivity index (χ2n) is 10.1. The fourth-order valence-corrected chi connectivity index (χ4v) is 5.24. The van der Waals surface area contributed by atoms with Gasteiger partial charge < -0.3 is 9.64 Å². The highest BCUT2D eigenvalue weighted by Crippen LogP contribution is 2.31. The highest BCUT2D eigenvalue weighted by Gasteiger charge is 2.33. The Morgan fingerprint density at radius 3 is 1.82 bits per heavy atom. The van der Waals surface area contributed by atoms with Crippen molar-refractivity contribution in [2.45, 2.75) is 0 Å². The average molecular weight is 603 g/mol. The molecule has 6 rings (SSSR count). The SMILES string of the molecule is O=C1c2cccc3cccc(c23)C(=O)N1CCN(C(=O)c1cc([N+](=O)[O-])cc([N+](=O)[O-])c1)c1ccc(Oc2ccccc2)cc1. The van der Waals surface area contributed by atoms with Gasteiger partial charge in [-0.15, -0.1) is 0 Å². The number of carbonyl (C=O) groups excluding carboxylic acids is 3. The van der Waals surface area contributed by atoms with E-state index in [0.29, 0.717) is 33.7 Å². The third-order valence-electron chi connectivity index (χ3n) is 7.35. The minimum atomic E-state index is -0.826. The molecule has 45 heavy (non-hydrogen) atoms. The zero-order valence-electron chi connectivity index (χ0n) is 23.4. The Labute approximate surface area is 255 Å². The molecule has 0 saturated carbocycles. The number of anilines is 1. The van der Waals surface area contributed by atoms with Crippen LogP contribution < -0.4 is 9.64 Å². The monoisotopic (exact) mass is 602 g/mol.